The van der Waals surface area contributed by atoms with Gasteiger partial charge in [-0.05, 0) is 24.5 Å². The van der Waals surface area contributed by atoms with Crippen LogP contribution in [0.1, 0.15) is 20.3 Å². The van der Waals surface area contributed by atoms with E-state index in [-0.39, 0.29) is 0 Å². The molecule has 0 aliphatic carbocycles. The number of aromatic nitrogens is 1. The summed E-state index contributed by atoms with van der Waals surface area (Å²) >= 11 is 5.74. The molecule has 0 aliphatic rings. The second kappa shape index (κ2) is 5.07. The van der Waals surface area contributed by atoms with Crippen molar-refractivity contribution < 1.29 is 0 Å². The molecule has 1 aromatic heterocycles. The van der Waals surface area contributed by atoms with Crippen molar-refractivity contribution >= 4 is 17.4 Å². The van der Waals surface area contributed by atoms with Crippen LogP contribution in [0.3, 0.4) is 0 Å². The Morgan fingerprint density at radius 1 is 1.46 bits per heavy atom. The van der Waals surface area contributed by atoms with E-state index in [1.807, 2.05) is 12.1 Å². The van der Waals surface area contributed by atoms with Crippen LogP contribution in [0.2, 0.25) is 5.15 Å². The predicted octanol–water partition coefficient (Wildman–Crippen LogP) is 3.19. The molecular formula is C10H15ClN2. The third-order valence-electron chi connectivity index (χ3n) is 1.74. The van der Waals surface area contributed by atoms with Crippen LogP contribution in [-0.4, -0.2) is 11.5 Å². The first-order valence-electron chi connectivity index (χ1n) is 4.55. The van der Waals surface area contributed by atoms with E-state index in [2.05, 4.69) is 24.1 Å². The molecule has 2 nitrogen and oxygen atoms in total. The monoisotopic (exact) mass is 198 g/mol. The molecule has 72 valence electrons. The van der Waals surface area contributed by atoms with Crippen LogP contribution >= 0.6 is 11.6 Å². The number of nitrogens with zero attached hydrogens (tertiary/aromatic N) is 1. The van der Waals surface area contributed by atoms with Crippen LogP contribution in [-0.2, 0) is 0 Å². The molecule has 0 fully saturated rings. The molecule has 0 atom stereocenters. The quantitative estimate of drug-likeness (QED) is 0.752. The van der Waals surface area contributed by atoms with Gasteiger partial charge >= 0.3 is 0 Å². The molecule has 0 unspecified atom stereocenters. The fourth-order valence-corrected chi connectivity index (χ4v) is 1.16. The number of anilines is 1. The summed E-state index contributed by atoms with van der Waals surface area (Å²) in [6.07, 6.45) is 1.15. The molecule has 1 rings (SSSR count). The van der Waals surface area contributed by atoms with E-state index in [0.717, 1.165) is 18.8 Å². The zero-order chi connectivity index (χ0) is 9.68. The molecule has 0 amide bonds. The number of hydrogen-bond donors (Lipinski definition) is 1. The first-order chi connectivity index (χ1) is 6.18. The summed E-state index contributed by atoms with van der Waals surface area (Å²) in [4.78, 5) is 4.12. The molecular weight excluding hydrogens is 184 g/mol. The zero-order valence-electron chi connectivity index (χ0n) is 8.05. The Morgan fingerprint density at radius 3 is 2.85 bits per heavy atom. The van der Waals surface area contributed by atoms with Crippen molar-refractivity contribution in [2.45, 2.75) is 20.3 Å². The Kier molecular flexibility index (Phi) is 4.03. The van der Waals surface area contributed by atoms with Gasteiger partial charge in [0.25, 0.3) is 0 Å². The molecule has 0 spiro atoms. The smallest absolute Gasteiger partial charge is 0.131 e. The van der Waals surface area contributed by atoms with E-state index in [1.165, 1.54) is 0 Å². The highest BCUT2D eigenvalue weighted by molar-refractivity contribution is 6.29. The molecule has 0 aromatic carbocycles. The molecule has 3 heteroatoms. The lowest BCUT2D eigenvalue weighted by atomic mass is 10.1. The molecule has 0 aliphatic heterocycles. The van der Waals surface area contributed by atoms with Gasteiger partial charge < -0.3 is 5.32 Å². The number of halogens is 1. The summed E-state index contributed by atoms with van der Waals surface area (Å²) in [7, 11) is 0. The van der Waals surface area contributed by atoms with Gasteiger partial charge in [-0.1, -0.05) is 31.5 Å². The lowest BCUT2D eigenvalue weighted by molar-refractivity contribution is 0.606. The van der Waals surface area contributed by atoms with Crippen LogP contribution in [0.5, 0.6) is 0 Å². The van der Waals surface area contributed by atoms with Gasteiger partial charge in [-0.3, -0.25) is 0 Å². The number of nitrogens with one attached hydrogen (secondary N) is 1. The molecule has 0 saturated carbocycles. The van der Waals surface area contributed by atoms with Gasteiger partial charge in [0.1, 0.15) is 11.0 Å². The minimum atomic E-state index is 0.537. The maximum atomic E-state index is 5.74. The average molecular weight is 199 g/mol. The number of rotatable bonds is 4. The van der Waals surface area contributed by atoms with Crippen molar-refractivity contribution in [1.29, 1.82) is 0 Å². The maximum Gasteiger partial charge on any atom is 0.131 e. The second-order valence-electron chi connectivity index (χ2n) is 3.45. The Morgan fingerprint density at radius 2 is 2.23 bits per heavy atom. The van der Waals surface area contributed by atoms with Gasteiger partial charge in [0.05, 0.1) is 0 Å². The Labute approximate surface area is 84.3 Å². The van der Waals surface area contributed by atoms with Gasteiger partial charge in [-0.15, -0.1) is 0 Å². The van der Waals surface area contributed by atoms with Crippen LogP contribution in [0, 0.1) is 5.92 Å². The highest BCUT2D eigenvalue weighted by Gasteiger charge is 1.96. The van der Waals surface area contributed by atoms with Crippen molar-refractivity contribution in [3.05, 3.63) is 23.4 Å². The normalized spacial score (nSPS) is 10.5. The van der Waals surface area contributed by atoms with Crippen molar-refractivity contribution in [3.8, 4) is 0 Å². The molecule has 0 saturated heterocycles. The highest BCUT2D eigenvalue weighted by Crippen LogP contribution is 2.09. The van der Waals surface area contributed by atoms with Crippen LogP contribution in [0.25, 0.3) is 0 Å². The van der Waals surface area contributed by atoms with Gasteiger partial charge in [0.15, 0.2) is 0 Å². The van der Waals surface area contributed by atoms with E-state index in [4.69, 9.17) is 11.6 Å². The fourth-order valence-electron chi connectivity index (χ4n) is 0.996. The summed E-state index contributed by atoms with van der Waals surface area (Å²) < 4.78 is 0. The van der Waals surface area contributed by atoms with Gasteiger partial charge in [0, 0.05) is 6.54 Å². The molecule has 13 heavy (non-hydrogen) atoms. The second-order valence-corrected chi connectivity index (χ2v) is 3.84. The molecule has 1 N–H and O–H groups in total. The van der Waals surface area contributed by atoms with E-state index in [1.54, 1.807) is 6.07 Å². The molecule has 1 aromatic rings. The van der Waals surface area contributed by atoms with Crippen LogP contribution in [0.4, 0.5) is 5.82 Å². The summed E-state index contributed by atoms with van der Waals surface area (Å²) in [6, 6.07) is 5.59. The molecule has 0 bridgehead atoms. The zero-order valence-corrected chi connectivity index (χ0v) is 8.80. The van der Waals surface area contributed by atoms with Crippen molar-refractivity contribution in [3.63, 3.8) is 0 Å². The third-order valence-corrected chi connectivity index (χ3v) is 1.95. The summed E-state index contributed by atoms with van der Waals surface area (Å²) in [5.41, 5.74) is 0. The van der Waals surface area contributed by atoms with Gasteiger partial charge in [-0.2, -0.15) is 0 Å². The fraction of sp³-hybridized carbons (Fsp3) is 0.500. The number of hydrogen-bond acceptors (Lipinski definition) is 2. The Balaban J connectivity index is 2.37. The van der Waals surface area contributed by atoms with Crippen molar-refractivity contribution in [2.75, 3.05) is 11.9 Å². The SMILES string of the molecule is CC(C)CCNc1cccc(Cl)n1. The Bertz CT molecular complexity index is 261. The van der Waals surface area contributed by atoms with Crippen LogP contribution in [0.15, 0.2) is 18.2 Å². The topological polar surface area (TPSA) is 24.9 Å². The third kappa shape index (κ3) is 4.13. The van der Waals surface area contributed by atoms with Crippen molar-refractivity contribution in [2.24, 2.45) is 5.92 Å². The first-order valence-corrected chi connectivity index (χ1v) is 4.92. The average Bonchev–Trinajstić information content (AvgIpc) is 2.03. The van der Waals surface area contributed by atoms with E-state index >= 15 is 0 Å². The predicted molar refractivity (Wildman–Crippen MR) is 57.2 cm³/mol. The minimum absolute atomic E-state index is 0.537. The van der Waals surface area contributed by atoms with E-state index in [9.17, 15) is 0 Å². The molecule has 0 radical (unpaired) electrons. The van der Waals surface area contributed by atoms with E-state index < -0.39 is 0 Å². The standard InChI is InChI=1S/C10H15ClN2/c1-8(2)6-7-12-10-5-3-4-9(11)13-10/h3-5,8H,6-7H2,1-2H3,(H,12,13). The molecule has 1 heterocycles. The van der Waals surface area contributed by atoms with Gasteiger partial charge in [-0.25, -0.2) is 4.98 Å². The first kappa shape index (κ1) is 10.3. The largest absolute Gasteiger partial charge is 0.370 e. The Hall–Kier alpha value is -0.760. The van der Waals surface area contributed by atoms with Crippen molar-refractivity contribution in [1.82, 2.24) is 4.98 Å². The number of pyridine rings is 1. The lowest BCUT2D eigenvalue weighted by Crippen LogP contribution is -2.05. The highest BCUT2D eigenvalue weighted by atomic mass is 35.5. The minimum Gasteiger partial charge on any atom is -0.370 e. The van der Waals surface area contributed by atoms with E-state index in [0.29, 0.717) is 11.1 Å². The van der Waals surface area contributed by atoms with Crippen LogP contribution < -0.4 is 5.32 Å². The lowest BCUT2D eigenvalue weighted by Gasteiger charge is -2.07. The summed E-state index contributed by atoms with van der Waals surface area (Å²) in [5.74, 6) is 1.57. The maximum absolute atomic E-state index is 5.74. The summed E-state index contributed by atoms with van der Waals surface area (Å²) in [5, 5.41) is 3.76. The van der Waals surface area contributed by atoms with Gasteiger partial charge in [0.2, 0.25) is 0 Å². The summed E-state index contributed by atoms with van der Waals surface area (Å²) in [6.45, 7) is 5.35.